The number of rotatable bonds is 6. The summed E-state index contributed by atoms with van der Waals surface area (Å²) in [6.45, 7) is 2.26. The molecule has 0 atom stereocenters. The molecular formula is C22H26F3N. The van der Waals surface area contributed by atoms with Gasteiger partial charge in [0.2, 0.25) is 5.95 Å². The van der Waals surface area contributed by atoms with E-state index in [2.05, 4.69) is 36.2 Å². The fourth-order valence-corrected chi connectivity index (χ4v) is 4.09. The number of benzene rings is 1. The highest BCUT2D eigenvalue weighted by Gasteiger charge is 2.21. The van der Waals surface area contributed by atoms with E-state index in [0.29, 0.717) is 18.8 Å². The highest BCUT2D eigenvalue weighted by Crippen LogP contribution is 2.37. The van der Waals surface area contributed by atoms with E-state index < -0.39 is 17.7 Å². The summed E-state index contributed by atoms with van der Waals surface area (Å²) in [6.07, 6.45) is 8.67. The third kappa shape index (κ3) is 4.66. The van der Waals surface area contributed by atoms with Crippen molar-refractivity contribution in [3.63, 3.8) is 0 Å². The fourth-order valence-electron chi connectivity index (χ4n) is 4.09. The molecule has 1 aromatic heterocycles. The summed E-state index contributed by atoms with van der Waals surface area (Å²) in [6, 6.07) is 9.37. The zero-order chi connectivity index (χ0) is 18.5. The summed E-state index contributed by atoms with van der Waals surface area (Å²) in [7, 11) is 0. The Morgan fingerprint density at radius 1 is 0.923 bits per heavy atom. The Hall–Kier alpha value is -1.84. The van der Waals surface area contributed by atoms with E-state index in [1.165, 1.54) is 44.1 Å². The number of hydrogen-bond donors (Lipinski definition) is 0. The van der Waals surface area contributed by atoms with Gasteiger partial charge in [-0.1, -0.05) is 44.0 Å². The lowest BCUT2D eigenvalue weighted by atomic mass is 9.77. The SMILES string of the molecule is CCC[C@H]1CC[C@H](c2ccc(CCc3cc(F)c(F)nc3F)cc2)CC1. The first kappa shape index (κ1) is 18.9. The van der Waals surface area contributed by atoms with Crippen LogP contribution in [0.25, 0.3) is 0 Å². The van der Waals surface area contributed by atoms with E-state index in [1.54, 1.807) is 0 Å². The molecule has 0 saturated heterocycles. The highest BCUT2D eigenvalue weighted by molar-refractivity contribution is 5.27. The van der Waals surface area contributed by atoms with Gasteiger partial charge in [0.15, 0.2) is 5.82 Å². The van der Waals surface area contributed by atoms with Crippen LogP contribution in [0, 0.1) is 23.6 Å². The van der Waals surface area contributed by atoms with Crippen molar-refractivity contribution in [2.24, 2.45) is 5.92 Å². The van der Waals surface area contributed by atoms with E-state index in [4.69, 9.17) is 0 Å². The Balaban J connectivity index is 1.56. The van der Waals surface area contributed by atoms with Crippen molar-refractivity contribution in [1.29, 1.82) is 0 Å². The molecule has 2 aromatic rings. The number of aryl methyl sites for hydroxylation is 2. The molecule has 1 nitrogen and oxygen atoms in total. The number of halogens is 3. The van der Waals surface area contributed by atoms with Gasteiger partial charge in [0.05, 0.1) is 0 Å². The summed E-state index contributed by atoms with van der Waals surface area (Å²) in [5.74, 6) is -1.87. The van der Waals surface area contributed by atoms with E-state index >= 15 is 0 Å². The Morgan fingerprint density at radius 3 is 2.27 bits per heavy atom. The Morgan fingerprint density at radius 2 is 1.62 bits per heavy atom. The molecule has 0 spiro atoms. The minimum atomic E-state index is -1.38. The average Bonchev–Trinajstić information content (AvgIpc) is 2.65. The number of aromatic nitrogens is 1. The van der Waals surface area contributed by atoms with Crippen LogP contribution in [0.5, 0.6) is 0 Å². The molecular weight excluding hydrogens is 335 g/mol. The Labute approximate surface area is 153 Å². The maximum Gasteiger partial charge on any atom is 0.251 e. The topological polar surface area (TPSA) is 12.9 Å². The maximum absolute atomic E-state index is 13.6. The number of hydrogen-bond acceptors (Lipinski definition) is 1. The van der Waals surface area contributed by atoms with Crippen LogP contribution in [0.3, 0.4) is 0 Å². The molecule has 1 aromatic carbocycles. The lowest BCUT2D eigenvalue weighted by Gasteiger charge is -2.28. The van der Waals surface area contributed by atoms with Crippen LogP contribution in [0.4, 0.5) is 13.2 Å². The van der Waals surface area contributed by atoms with Gasteiger partial charge >= 0.3 is 0 Å². The summed E-state index contributed by atoms with van der Waals surface area (Å²) >= 11 is 0. The lowest BCUT2D eigenvalue weighted by Crippen LogP contribution is -2.13. The molecule has 26 heavy (non-hydrogen) atoms. The first-order chi connectivity index (χ1) is 12.6. The van der Waals surface area contributed by atoms with Crippen molar-refractivity contribution in [3.8, 4) is 0 Å². The number of nitrogens with zero attached hydrogens (tertiary/aromatic N) is 1. The third-order valence-corrected chi connectivity index (χ3v) is 5.64. The van der Waals surface area contributed by atoms with E-state index in [1.807, 2.05) is 0 Å². The molecule has 0 unspecified atom stereocenters. The van der Waals surface area contributed by atoms with Gasteiger partial charge in [-0.2, -0.15) is 13.8 Å². The van der Waals surface area contributed by atoms with E-state index in [9.17, 15) is 13.2 Å². The summed E-state index contributed by atoms with van der Waals surface area (Å²) in [5, 5.41) is 0. The molecule has 0 amide bonds. The first-order valence-electron chi connectivity index (χ1n) is 9.66. The molecule has 3 rings (SSSR count). The fraction of sp³-hybridized carbons (Fsp3) is 0.500. The molecule has 1 aliphatic carbocycles. The van der Waals surface area contributed by atoms with Gasteiger partial charge in [-0.15, -0.1) is 0 Å². The van der Waals surface area contributed by atoms with Crippen LogP contribution in [0.1, 0.15) is 68.1 Å². The van der Waals surface area contributed by atoms with Crippen molar-refractivity contribution in [2.45, 2.75) is 64.2 Å². The van der Waals surface area contributed by atoms with Crippen molar-refractivity contribution < 1.29 is 13.2 Å². The predicted molar refractivity (Wildman–Crippen MR) is 97.6 cm³/mol. The van der Waals surface area contributed by atoms with Gasteiger partial charge in [-0.05, 0) is 67.6 Å². The van der Waals surface area contributed by atoms with E-state index in [-0.39, 0.29) is 5.56 Å². The predicted octanol–water partition coefficient (Wildman–Crippen LogP) is 6.36. The lowest BCUT2D eigenvalue weighted by molar-refractivity contribution is 0.308. The molecule has 140 valence electrons. The van der Waals surface area contributed by atoms with Crippen molar-refractivity contribution in [3.05, 3.63) is 64.7 Å². The van der Waals surface area contributed by atoms with Gasteiger partial charge in [0.1, 0.15) is 0 Å². The highest BCUT2D eigenvalue weighted by atomic mass is 19.2. The molecule has 0 N–H and O–H groups in total. The van der Waals surface area contributed by atoms with Crippen molar-refractivity contribution in [1.82, 2.24) is 4.98 Å². The summed E-state index contributed by atoms with van der Waals surface area (Å²) < 4.78 is 39.7. The van der Waals surface area contributed by atoms with Crippen LogP contribution >= 0.6 is 0 Å². The van der Waals surface area contributed by atoms with Crippen LogP contribution in [-0.4, -0.2) is 4.98 Å². The standard InChI is InChI=1S/C22H26F3N/c1-2-3-15-4-9-17(10-5-15)18-11-6-16(7-12-18)8-13-19-14-20(23)22(25)26-21(19)24/h6-7,11-12,14-15,17H,2-5,8-10,13H2,1H3/t15-,17-. The zero-order valence-electron chi connectivity index (χ0n) is 15.3. The van der Waals surface area contributed by atoms with Gasteiger partial charge in [0, 0.05) is 5.56 Å². The third-order valence-electron chi connectivity index (χ3n) is 5.64. The zero-order valence-corrected chi connectivity index (χ0v) is 15.3. The molecule has 0 radical (unpaired) electrons. The van der Waals surface area contributed by atoms with E-state index in [0.717, 1.165) is 17.5 Å². The van der Waals surface area contributed by atoms with Gasteiger partial charge in [0.25, 0.3) is 5.95 Å². The second kappa shape index (κ2) is 8.70. The largest absolute Gasteiger partial charge is 0.251 e. The molecule has 0 bridgehead atoms. The van der Waals surface area contributed by atoms with Gasteiger partial charge in [-0.25, -0.2) is 4.39 Å². The monoisotopic (exact) mass is 361 g/mol. The smallest absolute Gasteiger partial charge is 0.202 e. The average molecular weight is 361 g/mol. The summed E-state index contributed by atoms with van der Waals surface area (Å²) in [4.78, 5) is 2.97. The molecule has 0 aliphatic heterocycles. The minimum Gasteiger partial charge on any atom is -0.202 e. The normalized spacial score (nSPS) is 20.3. The van der Waals surface area contributed by atoms with Gasteiger partial charge < -0.3 is 0 Å². The van der Waals surface area contributed by atoms with Gasteiger partial charge in [-0.3, -0.25) is 0 Å². The van der Waals surface area contributed by atoms with Crippen LogP contribution in [0.2, 0.25) is 0 Å². The van der Waals surface area contributed by atoms with Crippen LogP contribution in [0.15, 0.2) is 30.3 Å². The molecule has 1 aliphatic rings. The van der Waals surface area contributed by atoms with Crippen LogP contribution < -0.4 is 0 Å². The number of pyridine rings is 1. The second-order valence-electron chi connectivity index (χ2n) is 7.46. The maximum atomic E-state index is 13.6. The van der Waals surface area contributed by atoms with Crippen molar-refractivity contribution >= 4 is 0 Å². The summed E-state index contributed by atoms with van der Waals surface area (Å²) in [5.41, 5.74) is 2.56. The van der Waals surface area contributed by atoms with Crippen LogP contribution in [-0.2, 0) is 12.8 Å². The Bertz CT molecular complexity index is 719. The molecule has 1 heterocycles. The quantitative estimate of drug-likeness (QED) is 0.546. The first-order valence-corrected chi connectivity index (χ1v) is 9.66. The molecule has 1 fully saturated rings. The second-order valence-corrected chi connectivity index (χ2v) is 7.46. The minimum absolute atomic E-state index is 0.113. The molecule has 1 saturated carbocycles. The Kier molecular flexibility index (Phi) is 6.33. The van der Waals surface area contributed by atoms with Crippen molar-refractivity contribution in [2.75, 3.05) is 0 Å². The molecule has 4 heteroatoms.